The smallest absolute Gasteiger partial charge is 0.227 e. The predicted octanol–water partition coefficient (Wildman–Crippen LogP) is 5.56. The van der Waals surface area contributed by atoms with E-state index in [0.29, 0.717) is 0 Å². The first kappa shape index (κ1) is 24.1. The standard InChI is InChI=1S/C30H34N4O2/c1-21-8-9-22(2)27(18-21)32-30(35)24-14-16-33(17-15-24)20-29-31-26-6-4-5-7-28(26)34(29)19-23-10-12-25(36-3)13-11-23/h4-13,18,24H,14-17,19-20H2,1-3H3,(H,32,35). The summed E-state index contributed by atoms with van der Waals surface area (Å²) in [7, 11) is 1.69. The number of ether oxygens (including phenoxy) is 1. The highest BCUT2D eigenvalue weighted by atomic mass is 16.5. The van der Waals surface area contributed by atoms with Crippen LogP contribution in [0.3, 0.4) is 0 Å². The van der Waals surface area contributed by atoms with E-state index in [1.807, 2.05) is 25.1 Å². The topological polar surface area (TPSA) is 59.4 Å². The molecule has 6 heteroatoms. The summed E-state index contributed by atoms with van der Waals surface area (Å²) in [6.45, 7) is 7.39. The third-order valence-corrected chi connectivity index (χ3v) is 7.21. The summed E-state index contributed by atoms with van der Waals surface area (Å²) < 4.78 is 7.63. The minimum absolute atomic E-state index is 0.0410. The summed E-state index contributed by atoms with van der Waals surface area (Å²) in [6.07, 6.45) is 1.71. The highest BCUT2D eigenvalue weighted by Gasteiger charge is 2.26. The Morgan fingerprint density at radius 3 is 2.50 bits per heavy atom. The molecule has 1 fully saturated rings. The van der Waals surface area contributed by atoms with Crippen molar-refractivity contribution in [2.24, 2.45) is 5.92 Å². The van der Waals surface area contributed by atoms with Crippen LogP contribution in [-0.2, 0) is 17.9 Å². The minimum Gasteiger partial charge on any atom is -0.497 e. The molecule has 3 aromatic carbocycles. The van der Waals surface area contributed by atoms with Crippen molar-refractivity contribution in [2.45, 2.75) is 39.8 Å². The van der Waals surface area contributed by atoms with Crippen LogP contribution in [0.5, 0.6) is 5.75 Å². The Balaban J connectivity index is 1.26. The van der Waals surface area contributed by atoms with Gasteiger partial charge in [0, 0.05) is 18.2 Å². The fourth-order valence-electron chi connectivity index (χ4n) is 4.99. The van der Waals surface area contributed by atoms with E-state index in [-0.39, 0.29) is 11.8 Å². The Morgan fingerprint density at radius 1 is 1.00 bits per heavy atom. The molecule has 6 nitrogen and oxygen atoms in total. The molecule has 0 bridgehead atoms. The Labute approximate surface area is 212 Å². The Kier molecular flexibility index (Phi) is 7.05. The van der Waals surface area contributed by atoms with Gasteiger partial charge in [-0.05, 0) is 86.8 Å². The number of nitrogens with one attached hydrogen (secondary N) is 1. The number of para-hydroxylation sites is 2. The summed E-state index contributed by atoms with van der Waals surface area (Å²) in [5.41, 5.74) is 6.55. The number of hydrogen-bond acceptors (Lipinski definition) is 4. The second kappa shape index (κ2) is 10.5. The van der Waals surface area contributed by atoms with Crippen molar-refractivity contribution in [2.75, 3.05) is 25.5 Å². The van der Waals surface area contributed by atoms with Crippen LogP contribution < -0.4 is 10.1 Å². The number of carbonyl (C=O) groups is 1. The monoisotopic (exact) mass is 482 g/mol. The number of rotatable bonds is 7. The van der Waals surface area contributed by atoms with Gasteiger partial charge in [-0.3, -0.25) is 9.69 Å². The highest BCUT2D eigenvalue weighted by molar-refractivity contribution is 5.93. The molecule has 36 heavy (non-hydrogen) atoms. The number of aromatic nitrogens is 2. The van der Waals surface area contributed by atoms with Gasteiger partial charge < -0.3 is 14.6 Å². The van der Waals surface area contributed by atoms with Crippen molar-refractivity contribution >= 4 is 22.6 Å². The van der Waals surface area contributed by atoms with Crippen molar-refractivity contribution in [3.8, 4) is 5.75 Å². The Bertz CT molecular complexity index is 1350. The van der Waals surface area contributed by atoms with E-state index in [0.717, 1.165) is 78.4 Å². The van der Waals surface area contributed by atoms with Crippen molar-refractivity contribution in [1.29, 1.82) is 0 Å². The summed E-state index contributed by atoms with van der Waals surface area (Å²) >= 11 is 0. The lowest BCUT2D eigenvalue weighted by Gasteiger charge is -2.31. The maximum absolute atomic E-state index is 13.0. The van der Waals surface area contributed by atoms with Gasteiger partial charge in [0.1, 0.15) is 11.6 Å². The number of amides is 1. The zero-order valence-corrected chi connectivity index (χ0v) is 21.3. The molecule has 186 valence electrons. The number of hydrogen-bond donors (Lipinski definition) is 1. The second-order valence-electron chi connectivity index (χ2n) is 9.81. The third-order valence-electron chi connectivity index (χ3n) is 7.21. The normalized spacial score (nSPS) is 14.8. The minimum atomic E-state index is 0.0410. The fraction of sp³-hybridized carbons (Fsp3) is 0.333. The first-order chi connectivity index (χ1) is 17.5. The van der Waals surface area contributed by atoms with Crippen molar-refractivity contribution < 1.29 is 9.53 Å². The Morgan fingerprint density at radius 2 is 1.75 bits per heavy atom. The maximum Gasteiger partial charge on any atom is 0.227 e. The van der Waals surface area contributed by atoms with E-state index in [2.05, 4.69) is 70.2 Å². The van der Waals surface area contributed by atoms with E-state index in [1.165, 1.54) is 5.56 Å². The number of nitrogens with zero attached hydrogens (tertiary/aromatic N) is 3. The van der Waals surface area contributed by atoms with E-state index in [1.54, 1.807) is 7.11 Å². The van der Waals surface area contributed by atoms with Gasteiger partial charge in [-0.2, -0.15) is 0 Å². The number of aryl methyl sites for hydroxylation is 2. The molecule has 1 N–H and O–H groups in total. The first-order valence-corrected chi connectivity index (χ1v) is 12.7. The average Bonchev–Trinajstić information content (AvgIpc) is 3.23. The van der Waals surface area contributed by atoms with Gasteiger partial charge in [0.25, 0.3) is 0 Å². The molecular weight excluding hydrogens is 448 g/mol. The number of carbonyl (C=O) groups excluding carboxylic acids is 1. The molecule has 0 unspecified atom stereocenters. The molecule has 4 aromatic rings. The summed E-state index contributed by atoms with van der Waals surface area (Å²) in [6, 6.07) is 22.7. The molecule has 0 spiro atoms. The number of methoxy groups -OCH3 is 1. The first-order valence-electron chi connectivity index (χ1n) is 12.7. The van der Waals surface area contributed by atoms with Gasteiger partial charge in [-0.25, -0.2) is 4.98 Å². The van der Waals surface area contributed by atoms with Crippen LogP contribution in [0, 0.1) is 19.8 Å². The van der Waals surface area contributed by atoms with Gasteiger partial charge in [0.05, 0.1) is 24.7 Å². The molecule has 1 amide bonds. The molecule has 0 atom stereocenters. The lowest BCUT2D eigenvalue weighted by Crippen LogP contribution is -2.38. The van der Waals surface area contributed by atoms with Gasteiger partial charge in [-0.1, -0.05) is 36.4 Å². The molecule has 1 aromatic heterocycles. The fourth-order valence-corrected chi connectivity index (χ4v) is 4.99. The number of fused-ring (bicyclic) bond motifs is 1. The number of benzene rings is 3. The molecule has 0 aliphatic carbocycles. The summed E-state index contributed by atoms with van der Waals surface area (Å²) in [5.74, 6) is 2.10. The molecule has 2 heterocycles. The highest BCUT2D eigenvalue weighted by Crippen LogP contribution is 2.25. The number of piperidine rings is 1. The largest absolute Gasteiger partial charge is 0.497 e. The van der Waals surface area contributed by atoms with Gasteiger partial charge in [0.15, 0.2) is 0 Å². The van der Waals surface area contributed by atoms with Crippen LogP contribution >= 0.6 is 0 Å². The predicted molar refractivity (Wildman–Crippen MR) is 144 cm³/mol. The molecule has 1 aliphatic heterocycles. The number of likely N-dealkylation sites (tertiary alicyclic amines) is 1. The summed E-state index contributed by atoms with van der Waals surface area (Å²) in [5, 5.41) is 3.16. The molecular formula is C30H34N4O2. The van der Waals surface area contributed by atoms with E-state index in [9.17, 15) is 4.79 Å². The second-order valence-corrected chi connectivity index (χ2v) is 9.81. The van der Waals surface area contributed by atoms with E-state index < -0.39 is 0 Å². The van der Waals surface area contributed by atoms with Crippen LogP contribution in [0.15, 0.2) is 66.7 Å². The molecule has 5 rings (SSSR count). The lowest BCUT2D eigenvalue weighted by atomic mass is 9.95. The van der Waals surface area contributed by atoms with Crippen LogP contribution in [0.1, 0.15) is 35.4 Å². The van der Waals surface area contributed by atoms with Crippen LogP contribution in [0.2, 0.25) is 0 Å². The van der Waals surface area contributed by atoms with Gasteiger partial charge in [0.2, 0.25) is 5.91 Å². The van der Waals surface area contributed by atoms with Crippen molar-refractivity contribution in [1.82, 2.24) is 14.5 Å². The number of imidazole rings is 1. The zero-order chi connectivity index (χ0) is 25.1. The molecule has 1 aliphatic rings. The maximum atomic E-state index is 13.0. The van der Waals surface area contributed by atoms with Crippen LogP contribution in [0.25, 0.3) is 11.0 Å². The zero-order valence-electron chi connectivity index (χ0n) is 21.3. The molecule has 0 radical (unpaired) electrons. The SMILES string of the molecule is COc1ccc(Cn2c(CN3CCC(C(=O)Nc4cc(C)ccc4C)CC3)nc3ccccc32)cc1. The lowest BCUT2D eigenvalue weighted by molar-refractivity contribution is -0.121. The third kappa shape index (κ3) is 5.29. The summed E-state index contributed by atoms with van der Waals surface area (Å²) in [4.78, 5) is 20.4. The van der Waals surface area contributed by atoms with E-state index in [4.69, 9.17) is 9.72 Å². The van der Waals surface area contributed by atoms with Crippen molar-refractivity contribution in [3.05, 3.63) is 89.2 Å². The van der Waals surface area contributed by atoms with Crippen LogP contribution in [0.4, 0.5) is 5.69 Å². The van der Waals surface area contributed by atoms with Crippen molar-refractivity contribution in [3.63, 3.8) is 0 Å². The molecule has 0 saturated carbocycles. The number of anilines is 1. The van der Waals surface area contributed by atoms with Crippen LogP contribution in [-0.4, -0.2) is 40.6 Å². The van der Waals surface area contributed by atoms with Gasteiger partial charge in [-0.15, -0.1) is 0 Å². The quantitative estimate of drug-likeness (QED) is 0.375. The Hall–Kier alpha value is -3.64. The average molecular weight is 483 g/mol. The van der Waals surface area contributed by atoms with Gasteiger partial charge >= 0.3 is 0 Å². The molecule has 1 saturated heterocycles. The van der Waals surface area contributed by atoms with E-state index >= 15 is 0 Å².